The van der Waals surface area contributed by atoms with Gasteiger partial charge in [-0.15, -0.1) is 13.2 Å². The monoisotopic (exact) mass is 372 g/mol. The molecule has 1 aliphatic heterocycles. The smallest absolute Gasteiger partial charge is 0.406 e. The molecule has 2 rings (SSSR count). The number of hydrogen-bond donors (Lipinski definition) is 2. The number of halogens is 3. The fourth-order valence-corrected chi connectivity index (χ4v) is 2.77. The summed E-state index contributed by atoms with van der Waals surface area (Å²) in [6.45, 7) is 3.92. The highest BCUT2D eigenvalue weighted by atomic mass is 19.4. The second-order valence-electron chi connectivity index (χ2n) is 6.50. The van der Waals surface area contributed by atoms with Gasteiger partial charge in [0.25, 0.3) is 0 Å². The van der Waals surface area contributed by atoms with Gasteiger partial charge in [-0.1, -0.05) is 13.8 Å². The standard InChI is InChI=1S/C17H19F3N2O4/c1-9(2)7-11-8-13(23)14(16(25)22-11)15(24)21-10-3-5-12(6-4-10)26-17(18,19)20/h3-6,9,11,14H,7-8H2,1-2H3,(H,21,24)(H,22,25). The Labute approximate surface area is 148 Å². The molecule has 1 aromatic rings. The van der Waals surface area contributed by atoms with Crippen molar-refractivity contribution in [1.29, 1.82) is 0 Å². The molecular formula is C17H19F3N2O4. The third-order valence-electron chi connectivity index (χ3n) is 3.75. The molecule has 142 valence electrons. The molecule has 0 saturated carbocycles. The number of Topliss-reactive ketones (excluding diaryl/α,β-unsaturated/α-hetero) is 1. The van der Waals surface area contributed by atoms with Crippen molar-refractivity contribution in [2.24, 2.45) is 11.8 Å². The first-order valence-corrected chi connectivity index (χ1v) is 8.05. The second-order valence-corrected chi connectivity index (χ2v) is 6.50. The Kier molecular flexibility index (Phi) is 5.89. The number of ether oxygens (including phenoxy) is 1. The van der Waals surface area contributed by atoms with Crippen LogP contribution in [-0.4, -0.2) is 30.0 Å². The van der Waals surface area contributed by atoms with E-state index in [1.807, 2.05) is 13.8 Å². The first-order valence-electron chi connectivity index (χ1n) is 8.05. The number of carbonyl (C=O) groups is 3. The average Bonchev–Trinajstić information content (AvgIpc) is 2.46. The summed E-state index contributed by atoms with van der Waals surface area (Å²) in [6, 6.07) is 4.12. The molecule has 1 aliphatic rings. The van der Waals surface area contributed by atoms with Gasteiger partial charge in [-0.25, -0.2) is 0 Å². The predicted molar refractivity (Wildman–Crippen MR) is 86.3 cm³/mol. The van der Waals surface area contributed by atoms with Gasteiger partial charge in [0.15, 0.2) is 11.7 Å². The number of rotatable bonds is 5. The fourth-order valence-electron chi connectivity index (χ4n) is 2.77. The van der Waals surface area contributed by atoms with Gasteiger partial charge in [0.1, 0.15) is 5.75 Å². The minimum atomic E-state index is -4.82. The van der Waals surface area contributed by atoms with Crippen LogP contribution in [0.4, 0.5) is 18.9 Å². The predicted octanol–water partition coefficient (Wildman–Crippen LogP) is 2.64. The molecule has 0 aromatic heterocycles. The largest absolute Gasteiger partial charge is 0.573 e. The maximum absolute atomic E-state index is 12.2. The van der Waals surface area contributed by atoms with Crippen LogP contribution in [0.3, 0.4) is 0 Å². The van der Waals surface area contributed by atoms with Gasteiger partial charge in [0.05, 0.1) is 0 Å². The quantitative estimate of drug-likeness (QED) is 0.779. The Hall–Kier alpha value is -2.58. The topological polar surface area (TPSA) is 84.5 Å². The van der Waals surface area contributed by atoms with Gasteiger partial charge < -0.3 is 15.4 Å². The molecule has 26 heavy (non-hydrogen) atoms. The van der Waals surface area contributed by atoms with E-state index in [2.05, 4.69) is 15.4 Å². The van der Waals surface area contributed by atoms with Gasteiger partial charge >= 0.3 is 6.36 Å². The zero-order valence-electron chi connectivity index (χ0n) is 14.2. The van der Waals surface area contributed by atoms with Crippen molar-refractivity contribution >= 4 is 23.3 Å². The van der Waals surface area contributed by atoms with Crippen molar-refractivity contribution in [3.05, 3.63) is 24.3 Å². The van der Waals surface area contributed by atoms with Crippen LogP contribution in [0.1, 0.15) is 26.7 Å². The van der Waals surface area contributed by atoms with Crippen LogP contribution >= 0.6 is 0 Å². The van der Waals surface area contributed by atoms with Crippen LogP contribution in [-0.2, 0) is 14.4 Å². The first-order chi connectivity index (χ1) is 12.0. The van der Waals surface area contributed by atoms with E-state index in [-0.39, 0.29) is 24.1 Å². The van der Waals surface area contributed by atoms with Gasteiger partial charge in [0, 0.05) is 18.2 Å². The first kappa shape index (κ1) is 19.7. The minimum Gasteiger partial charge on any atom is -0.406 e. The molecule has 9 heteroatoms. The molecule has 0 aliphatic carbocycles. The molecule has 0 spiro atoms. The second kappa shape index (κ2) is 7.76. The molecule has 2 N–H and O–H groups in total. The van der Waals surface area contributed by atoms with Gasteiger partial charge in [-0.05, 0) is 36.6 Å². The van der Waals surface area contributed by atoms with Crippen LogP contribution in [0.2, 0.25) is 0 Å². The summed E-state index contributed by atoms with van der Waals surface area (Å²) in [6.07, 6.45) is -4.11. The Morgan fingerprint density at radius 3 is 2.38 bits per heavy atom. The number of anilines is 1. The average molecular weight is 372 g/mol. The van der Waals surface area contributed by atoms with E-state index in [1.165, 1.54) is 12.1 Å². The van der Waals surface area contributed by atoms with E-state index in [0.29, 0.717) is 6.42 Å². The Balaban J connectivity index is 1.99. The minimum absolute atomic E-state index is 0.0698. The van der Waals surface area contributed by atoms with Crippen LogP contribution < -0.4 is 15.4 Å². The van der Waals surface area contributed by atoms with E-state index >= 15 is 0 Å². The fraction of sp³-hybridized carbons (Fsp3) is 0.471. The Morgan fingerprint density at radius 2 is 1.88 bits per heavy atom. The molecular weight excluding hydrogens is 353 g/mol. The maximum Gasteiger partial charge on any atom is 0.573 e. The van der Waals surface area contributed by atoms with Crippen molar-refractivity contribution < 1.29 is 32.3 Å². The van der Waals surface area contributed by atoms with Crippen molar-refractivity contribution in [3.8, 4) is 5.75 Å². The summed E-state index contributed by atoms with van der Waals surface area (Å²) in [5.74, 6) is -3.59. The van der Waals surface area contributed by atoms with Crippen LogP contribution in [0.5, 0.6) is 5.75 Å². The summed E-state index contributed by atoms with van der Waals surface area (Å²) < 4.78 is 40.1. The number of amides is 2. The zero-order chi connectivity index (χ0) is 19.5. The van der Waals surface area contributed by atoms with E-state index in [4.69, 9.17) is 0 Å². The number of hydrogen-bond acceptors (Lipinski definition) is 4. The number of ketones is 1. The lowest BCUT2D eigenvalue weighted by molar-refractivity contribution is -0.274. The van der Waals surface area contributed by atoms with Crippen molar-refractivity contribution in [2.75, 3.05) is 5.32 Å². The van der Waals surface area contributed by atoms with Gasteiger partial charge in [0.2, 0.25) is 11.8 Å². The van der Waals surface area contributed by atoms with Gasteiger partial charge in [-0.3, -0.25) is 14.4 Å². The third-order valence-corrected chi connectivity index (χ3v) is 3.75. The molecule has 0 bridgehead atoms. The molecule has 0 radical (unpaired) electrons. The summed E-state index contributed by atoms with van der Waals surface area (Å²) in [4.78, 5) is 36.5. The summed E-state index contributed by atoms with van der Waals surface area (Å²) in [5.41, 5.74) is 0.148. The number of nitrogens with one attached hydrogen (secondary N) is 2. The highest BCUT2D eigenvalue weighted by Gasteiger charge is 2.40. The summed E-state index contributed by atoms with van der Waals surface area (Å²) in [7, 11) is 0. The van der Waals surface area contributed by atoms with Crippen LogP contribution in [0.25, 0.3) is 0 Å². The summed E-state index contributed by atoms with van der Waals surface area (Å²) >= 11 is 0. The molecule has 2 unspecified atom stereocenters. The number of benzene rings is 1. The molecule has 1 saturated heterocycles. The molecule has 6 nitrogen and oxygen atoms in total. The van der Waals surface area contributed by atoms with Crippen molar-refractivity contribution in [3.63, 3.8) is 0 Å². The number of piperidine rings is 1. The van der Waals surface area contributed by atoms with E-state index in [1.54, 1.807) is 0 Å². The lowest BCUT2D eigenvalue weighted by Crippen LogP contribution is -2.53. The highest BCUT2D eigenvalue weighted by molar-refractivity contribution is 6.22. The van der Waals surface area contributed by atoms with Crippen molar-refractivity contribution in [1.82, 2.24) is 5.32 Å². The van der Waals surface area contributed by atoms with E-state index in [9.17, 15) is 27.6 Å². The maximum atomic E-state index is 12.2. The van der Waals surface area contributed by atoms with Crippen molar-refractivity contribution in [2.45, 2.75) is 39.1 Å². The van der Waals surface area contributed by atoms with E-state index in [0.717, 1.165) is 12.1 Å². The van der Waals surface area contributed by atoms with Crippen LogP contribution in [0.15, 0.2) is 24.3 Å². The molecule has 2 amide bonds. The SMILES string of the molecule is CC(C)CC1CC(=O)C(C(=O)Nc2ccc(OC(F)(F)F)cc2)C(=O)N1. The molecule has 1 heterocycles. The summed E-state index contributed by atoms with van der Waals surface area (Å²) in [5, 5.41) is 5.02. The molecule has 1 aromatic carbocycles. The molecule has 2 atom stereocenters. The Bertz CT molecular complexity index is 668. The highest BCUT2D eigenvalue weighted by Crippen LogP contribution is 2.24. The van der Waals surface area contributed by atoms with Gasteiger partial charge in [-0.2, -0.15) is 0 Å². The normalized spacial score (nSPS) is 20.7. The van der Waals surface area contributed by atoms with E-state index < -0.39 is 35.6 Å². The lowest BCUT2D eigenvalue weighted by Gasteiger charge is -2.28. The number of carbonyl (C=O) groups excluding carboxylic acids is 3. The molecule has 1 fully saturated rings. The van der Waals surface area contributed by atoms with Crippen LogP contribution in [0, 0.1) is 11.8 Å². The lowest BCUT2D eigenvalue weighted by atomic mass is 9.88. The Morgan fingerprint density at radius 1 is 1.27 bits per heavy atom. The third kappa shape index (κ3) is 5.47. The number of alkyl halides is 3. The zero-order valence-corrected chi connectivity index (χ0v) is 14.2.